The molecular weight excluding hydrogens is 308 g/mol. The van der Waals surface area contributed by atoms with E-state index >= 15 is 0 Å². The Morgan fingerprint density at radius 3 is 2.78 bits per heavy atom. The van der Waals surface area contributed by atoms with Crippen LogP contribution in [-0.4, -0.2) is 53.3 Å². The van der Waals surface area contributed by atoms with Gasteiger partial charge >= 0.3 is 6.09 Å². The first-order valence-electron chi connectivity index (χ1n) is 9.18. The first-order chi connectivity index (χ1) is 10.8. The number of rotatable bonds is 4. The third-order valence-electron chi connectivity index (χ3n) is 4.74. The van der Waals surface area contributed by atoms with E-state index in [4.69, 9.17) is 4.74 Å². The number of hydrogen-bond acceptors (Lipinski definition) is 4. The summed E-state index contributed by atoms with van der Waals surface area (Å²) in [5, 5.41) is 4.48. The van der Waals surface area contributed by atoms with Crippen LogP contribution in [0.15, 0.2) is 0 Å². The fourth-order valence-corrected chi connectivity index (χ4v) is 4.63. The van der Waals surface area contributed by atoms with Crippen LogP contribution in [0.1, 0.15) is 59.8 Å². The highest BCUT2D eigenvalue weighted by molar-refractivity contribution is 7.99. The predicted octanol–water partition coefficient (Wildman–Crippen LogP) is 3.90. The molecule has 2 rings (SSSR count). The largest absolute Gasteiger partial charge is 0.444 e. The number of hydrogen-bond donors (Lipinski definition) is 1. The lowest BCUT2D eigenvalue weighted by molar-refractivity contribution is 0.0161. The summed E-state index contributed by atoms with van der Waals surface area (Å²) in [4.78, 5) is 14.1. The van der Waals surface area contributed by atoms with Crippen LogP contribution in [0.25, 0.3) is 0 Å². The molecule has 23 heavy (non-hydrogen) atoms. The summed E-state index contributed by atoms with van der Waals surface area (Å²) in [6.07, 6.45) is 5.99. The third kappa shape index (κ3) is 6.54. The maximum Gasteiger partial charge on any atom is 0.410 e. The molecule has 0 bridgehead atoms. The van der Waals surface area contributed by atoms with Gasteiger partial charge in [0.15, 0.2) is 0 Å². The molecule has 3 atom stereocenters. The Labute approximate surface area is 146 Å². The smallest absolute Gasteiger partial charge is 0.410 e. The van der Waals surface area contributed by atoms with Crippen molar-refractivity contribution in [3.63, 3.8) is 0 Å². The molecule has 2 fully saturated rings. The molecule has 4 nitrogen and oxygen atoms in total. The van der Waals surface area contributed by atoms with E-state index in [-0.39, 0.29) is 6.09 Å². The van der Waals surface area contributed by atoms with Crippen molar-refractivity contribution in [3.05, 3.63) is 0 Å². The standard InChI is InChI=1S/C18H34N2O2S/c1-14-16(8-6-12-23-14)19-10-9-15-7-5-11-20(13-15)17(21)22-18(2,3)4/h14-16,19H,5-13H2,1-4H3. The van der Waals surface area contributed by atoms with Gasteiger partial charge in [0.05, 0.1) is 0 Å². The van der Waals surface area contributed by atoms with Crippen molar-refractivity contribution in [1.82, 2.24) is 10.2 Å². The van der Waals surface area contributed by atoms with Crippen molar-refractivity contribution in [2.24, 2.45) is 5.92 Å². The summed E-state index contributed by atoms with van der Waals surface area (Å²) in [5.41, 5.74) is -0.402. The van der Waals surface area contributed by atoms with Crippen molar-refractivity contribution in [1.29, 1.82) is 0 Å². The Morgan fingerprint density at radius 2 is 2.09 bits per heavy atom. The van der Waals surface area contributed by atoms with Gasteiger partial charge in [0.2, 0.25) is 0 Å². The first-order valence-corrected chi connectivity index (χ1v) is 10.2. The molecule has 3 unspecified atom stereocenters. The summed E-state index contributed by atoms with van der Waals surface area (Å²) >= 11 is 2.09. The van der Waals surface area contributed by atoms with Gasteiger partial charge in [-0.05, 0) is 71.1 Å². The highest BCUT2D eigenvalue weighted by Gasteiger charge is 2.28. The fraction of sp³-hybridized carbons (Fsp3) is 0.944. The number of likely N-dealkylation sites (tertiary alicyclic amines) is 1. The van der Waals surface area contributed by atoms with Gasteiger partial charge in [0.25, 0.3) is 0 Å². The predicted molar refractivity (Wildman–Crippen MR) is 98.1 cm³/mol. The van der Waals surface area contributed by atoms with Gasteiger partial charge < -0.3 is 15.0 Å². The van der Waals surface area contributed by atoms with Crippen LogP contribution in [0, 0.1) is 5.92 Å². The van der Waals surface area contributed by atoms with E-state index < -0.39 is 5.60 Å². The van der Waals surface area contributed by atoms with Crippen LogP contribution in [0.2, 0.25) is 0 Å². The van der Waals surface area contributed by atoms with Gasteiger partial charge in [-0.2, -0.15) is 11.8 Å². The van der Waals surface area contributed by atoms with E-state index in [9.17, 15) is 4.79 Å². The molecule has 0 radical (unpaired) electrons. The highest BCUT2D eigenvalue weighted by Crippen LogP contribution is 2.26. The summed E-state index contributed by atoms with van der Waals surface area (Å²) in [5.74, 6) is 1.92. The Kier molecular flexibility index (Phi) is 7.08. The monoisotopic (exact) mass is 342 g/mol. The first kappa shape index (κ1) is 18.9. The maximum atomic E-state index is 12.2. The second kappa shape index (κ2) is 8.61. The number of nitrogens with zero attached hydrogens (tertiary/aromatic N) is 1. The lowest BCUT2D eigenvalue weighted by Crippen LogP contribution is -2.44. The topological polar surface area (TPSA) is 41.6 Å². The van der Waals surface area contributed by atoms with Gasteiger partial charge in [-0.25, -0.2) is 4.79 Å². The Bertz CT molecular complexity index is 384. The van der Waals surface area contributed by atoms with Gasteiger partial charge in [0.1, 0.15) is 5.60 Å². The van der Waals surface area contributed by atoms with E-state index in [0.717, 1.165) is 37.7 Å². The number of amides is 1. The van der Waals surface area contributed by atoms with Crippen LogP contribution in [0.5, 0.6) is 0 Å². The van der Waals surface area contributed by atoms with Crippen molar-refractivity contribution in [2.75, 3.05) is 25.4 Å². The van der Waals surface area contributed by atoms with Crippen molar-refractivity contribution in [2.45, 2.75) is 76.7 Å². The molecule has 0 spiro atoms. The molecule has 1 amide bonds. The van der Waals surface area contributed by atoms with Gasteiger partial charge in [-0.3, -0.25) is 0 Å². The van der Waals surface area contributed by atoms with Gasteiger partial charge in [0, 0.05) is 24.4 Å². The average Bonchev–Trinajstić information content (AvgIpc) is 2.48. The zero-order chi connectivity index (χ0) is 16.9. The van der Waals surface area contributed by atoms with Crippen LogP contribution in [0.3, 0.4) is 0 Å². The molecule has 2 saturated heterocycles. The SMILES string of the molecule is CC1SCCCC1NCCC1CCCN(C(=O)OC(C)(C)C)C1. The van der Waals surface area contributed by atoms with Crippen LogP contribution in [0.4, 0.5) is 4.79 Å². The zero-order valence-electron chi connectivity index (χ0n) is 15.3. The van der Waals surface area contributed by atoms with Crippen molar-refractivity contribution >= 4 is 17.9 Å². The lowest BCUT2D eigenvalue weighted by Gasteiger charge is -2.35. The van der Waals surface area contributed by atoms with Crippen LogP contribution < -0.4 is 5.32 Å². The summed E-state index contributed by atoms with van der Waals surface area (Å²) < 4.78 is 5.51. The van der Waals surface area contributed by atoms with E-state index in [0.29, 0.717) is 12.0 Å². The summed E-state index contributed by atoms with van der Waals surface area (Å²) in [6, 6.07) is 0.666. The van der Waals surface area contributed by atoms with Crippen molar-refractivity contribution in [3.8, 4) is 0 Å². The van der Waals surface area contributed by atoms with E-state index in [1.165, 1.54) is 25.0 Å². The zero-order valence-corrected chi connectivity index (χ0v) is 16.1. The second-order valence-corrected chi connectivity index (χ2v) is 9.49. The fourth-order valence-electron chi connectivity index (χ4n) is 3.46. The maximum absolute atomic E-state index is 12.2. The van der Waals surface area contributed by atoms with E-state index in [2.05, 4.69) is 24.0 Å². The number of carbonyl (C=O) groups is 1. The number of nitrogens with one attached hydrogen (secondary N) is 1. The normalized spacial score (nSPS) is 29.4. The van der Waals surface area contributed by atoms with Gasteiger partial charge in [-0.15, -0.1) is 0 Å². The molecule has 2 heterocycles. The second-order valence-electron chi connectivity index (χ2n) is 8.00. The molecule has 0 aliphatic carbocycles. The Balaban J connectivity index is 1.70. The average molecular weight is 343 g/mol. The molecule has 134 valence electrons. The van der Waals surface area contributed by atoms with Crippen LogP contribution in [-0.2, 0) is 4.74 Å². The highest BCUT2D eigenvalue weighted by atomic mass is 32.2. The van der Waals surface area contributed by atoms with E-state index in [1.807, 2.05) is 25.7 Å². The molecule has 0 saturated carbocycles. The van der Waals surface area contributed by atoms with Crippen molar-refractivity contribution < 1.29 is 9.53 Å². The lowest BCUT2D eigenvalue weighted by atomic mass is 9.94. The molecule has 2 aliphatic heterocycles. The Morgan fingerprint density at radius 1 is 1.30 bits per heavy atom. The minimum atomic E-state index is -0.402. The molecule has 0 aromatic carbocycles. The number of carbonyl (C=O) groups excluding carboxylic acids is 1. The minimum absolute atomic E-state index is 0.146. The van der Waals surface area contributed by atoms with Crippen LogP contribution >= 0.6 is 11.8 Å². The Hall–Kier alpha value is -0.420. The quantitative estimate of drug-likeness (QED) is 0.841. The molecule has 2 aliphatic rings. The molecular formula is C18H34N2O2S. The number of piperidine rings is 1. The number of thioether (sulfide) groups is 1. The number of ether oxygens (including phenoxy) is 1. The third-order valence-corrected chi connectivity index (χ3v) is 6.12. The van der Waals surface area contributed by atoms with E-state index in [1.54, 1.807) is 0 Å². The summed E-state index contributed by atoms with van der Waals surface area (Å²) in [7, 11) is 0. The molecule has 0 aromatic heterocycles. The molecule has 0 aromatic rings. The minimum Gasteiger partial charge on any atom is -0.444 e. The molecule has 1 N–H and O–H groups in total. The van der Waals surface area contributed by atoms with Gasteiger partial charge in [-0.1, -0.05) is 6.92 Å². The summed E-state index contributed by atoms with van der Waals surface area (Å²) in [6.45, 7) is 10.9. The molecule has 5 heteroatoms.